The minimum absolute atomic E-state index is 0. The average Bonchev–Trinajstić information content (AvgIpc) is 2.36. The van der Waals surface area contributed by atoms with Crippen LogP contribution in [0.4, 0.5) is 10.5 Å². The lowest BCUT2D eigenvalue weighted by Gasteiger charge is -1.89. The molecule has 2 aromatic heterocycles. The minimum Gasteiger partial charge on any atom is -0.382 e. The van der Waals surface area contributed by atoms with E-state index in [1.807, 2.05) is 0 Å². The fraction of sp³-hybridized carbons (Fsp3) is 0. The van der Waals surface area contributed by atoms with E-state index in [4.69, 9.17) is 5.73 Å². The van der Waals surface area contributed by atoms with Gasteiger partial charge in [-0.15, -0.1) is 0 Å². The quantitative estimate of drug-likeness (QED) is 0.564. The molecule has 0 fully saturated rings. The highest BCUT2D eigenvalue weighted by molar-refractivity contribution is 5.80. The summed E-state index contributed by atoms with van der Waals surface area (Å²) in [4.78, 5) is 14.4. The third-order valence-electron chi connectivity index (χ3n) is 1.25. The largest absolute Gasteiger partial charge is 0.382 e. The number of fused-ring (bicyclic) bond motifs is 1. The molecule has 2 aromatic rings. The van der Waals surface area contributed by atoms with E-state index in [1.165, 1.54) is 12.7 Å². The number of halogens is 1. The number of H-pyrrole nitrogens is 1. The van der Waals surface area contributed by atoms with Gasteiger partial charge < -0.3 is 10.7 Å². The number of rotatable bonds is 0. The fourth-order valence-electron chi connectivity index (χ4n) is 0.784. The van der Waals surface area contributed by atoms with Crippen LogP contribution in [0, 0.1) is 0 Å². The number of nitrogen functional groups attached to an aromatic ring is 1. The highest BCUT2D eigenvalue weighted by Gasteiger charge is 1.99. The molecule has 58 valence electrons. The maximum Gasteiger partial charge on any atom is 0.182 e. The molecule has 0 bridgehead atoms. The lowest BCUT2D eigenvalue weighted by atomic mass is 10.5. The lowest BCUT2D eigenvalue weighted by Crippen LogP contribution is -1.91. The highest BCUT2D eigenvalue weighted by Crippen LogP contribution is 2.09. The molecule has 0 aliphatic heterocycles. The summed E-state index contributed by atoms with van der Waals surface area (Å²) in [6.07, 6.45) is 2.92. The maximum atomic E-state index is 5.48. The van der Waals surface area contributed by atoms with E-state index in [-0.39, 0.29) is 4.70 Å². The second-order valence-corrected chi connectivity index (χ2v) is 1.86. The van der Waals surface area contributed by atoms with Crippen LogP contribution in [0.3, 0.4) is 0 Å². The maximum absolute atomic E-state index is 5.48. The van der Waals surface area contributed by atoms with Crippen molar-refractivity contribution in [2.24, 2.45) is 0 Å². The van der Waals surface area contributed by atoms with Gasteiger partial charge >= 0.3 is 0 Å². The van der Waals surface area contributed by atoms with Crippen LogP contribution in [0.1, 0.15) is 0 Å². The molecule has 0 unspecified atom stereocenters. The van der Waals surface area contributed by atoms with E-state index in [0.717, 1.165) is 0 Å². The first-order valence-electron chi connectivity index (χ1n) is 2.77. The van der Waals surface area contributed by atoms with E-state index < -0.39 is 0 Å². The summed E-state index contributed by atoms with van der Waals surface area (Å²) in [5.74, 6) is 0.433. The van der Waals surface area contributed by atoms with Crippen molar-refractivity contribution in [2.75, 3.05) is 5.73 Å². The zero-order chi connectivity index (χ0) is 6.97. The van der Waals surface area contributed by atoms with Gasteiger partial charge in [0.05, 0.1) is 6.33 Å². The molecular formula is C5H6FN5. The molecule has 3 N–H and O–H groups in total. The van der Waals surface area contributed by atoms with E-state index >= 15 is 0 Å². The van der Waals surface area contributed by atoms with Gasteiger partial charge in [0.2, 0.25) is 0 Å². The Balaban J connectivity index is 0.000000605. The molecule has 0 atom stereocenters. The Bertz CT molecular complexity index is 356. The number of anilines is 1. The molecule has 2 rings (SSSR count). The van der Waals surface area contributed by atoms with Crippen molar-refractivity contribution in [3.8, 4) is 0 Å². The number of nitrogens with one attached hydrogen (secondary N) is 1. The summed E-state index contributed by atoms with van der Waals surface area (Å²) >= 11 is 0. The van der Waals surface area contributed by atoms with Crippen molar-refractivity contribution in [3.05, 3.63) is 12.7 Å². The number of nitrogens with two attached hydrogens (primary N) is 1. The smallest absolute Gasteiger partial charge is 0.182 e. The van der Waals surface area contributed by atoms with Crippen molar-refractivity contribution in [2.45, 2.75) is 0 Å². The summed E-state index contributed by atoms with van der Waals surface area (Å²) < 4.78 is 0. The van der Waals surface area contributed by atoms with Crippen LogP contribution in [-0.4, -0.2) is 19.9 Å². The number of nitrogens with zero attached hydrogens (tertiary/aromatic N) is 3. The molecule has 0 amide bonds. The van der Waals surface area contributed by atoms with Crippen LogP contribution in [0.15, 0.2) is 12.7 Å². The minimum atomic E-state index is 0. The van der Waals surface area contributed by atoms with Gasteiger partial charge in [0, 0.05) is 0 Å². The zero-order valence-electron chi connectivity index (χ0n) is 5.48. The van der Waals surface area contributed by atoms with Crippen LogP contribution in [-0.2, 0) is 0 Å². The van der Waals surface area contributed by atoms with Gasteiger partial charge in [0.25, 0.3) is 0 Å². The predicted octanol–water partition coefficient (Wildman–Crippen LogP) is 0.0876. The van der Waals surface area contributed by atoms with E-state index in [0.29, 0.717) is 17.0 Å². The van der Waals surface area contributed by atoms with Gasteiger partial charge in [-0.1, -0.05) is 0 Å². The van der Waals surface area contributed by atoms with Gasteiger partial charge in [0.15, 0.2) is 11.5 Å². The molecule has 5 nitrogen and oxygen atoms in total. The lowest BCUT2D eigenvalue weighted by molar-refractivity contribution is 1.11. The Kier molecular flexibility index (Phi) is 1.67. The number of hydrogen-bond donors (Lipinski definition) is 2. The molecule has 0 aliphatic carbocycles. The zero-order valence-corrected chi connectivity index (χ0v) is 5.48. The third kappa shape index (κ3) is 0.977. The summed E-state index contributed by atoms with van der Waals surface area (Å²) in [5.41, 5.74) is 6.78. The van der Waals surface area contributed by atoms with Crippen LogP contribution in [0.25, 0.3) is 11.2 Å². The Morgan fingerprint density at radius 3 is 2.82 bits per heavy atom. The van der Waals surface area contributed by atoms with Gasteiger partial charge in [-0.2, -0.15) is 0 Å². The molecule has 0 saturated heterocycles. The van der Waals surface area contributed by atoms with Crippen molar-refractivity contribution < 1.29 is 4.70 Å². The highest BCUT2D eigenvalue weighted by atomic mass is 19.0. The second-order valence-electron chi connectivity index (χ2n) is 1.86. The molecule has 0 spiro atoms. The van der Waals surface area contributed by atoms with Crippen LogP contribution < -0.4 is 5.73 Å². The van der Waals surface area contributed by atoms with E-state index in [1.54, 1.807) is 0 Å². The SMILES string of the molecule is F.Nc1ncnc2nc[nH]c12. The van der Waals surface area contributed by atoms with E-state index in [9.17, 15) is 0 Å². The van der Waals surface area contributed by atoms with Crippen LogP contribution in [0.2, 0.25) is 0 Å². The summed E-state index contributed by atoms with van der Waals surface area (Å²) in [6, 6.07) is 0. The number of hydrogen-bond acceptors (Lipinski definition) is 4. The summed E-state index contributed by atoms with van der Waals surface area (Å²) in [6.45, 7) is 0. The normalized spacial score (nSPS) is 9.45. The summed E-state index contributed by atoms with van der Waals surface area (Å²) in [5, 5.41) is 0. The van der Waals surface area contributed by atoms with Crippen molar-refractivity contribution in [3.63, 3.8) is 0 Å². The fourth-order valence-corrected chi connectivity index (χ4v) is 0.784. The molecule has 0 saturated carbocycles. The first-order chi connectivity index (χ1) is 4.88. The van der Waals surface area contributed by atoms with Gasteiger partial charge in [-0.25, -0.2) is 15.0 Å². The summed E-state index contributed by atoms with van der Waals surface area (Å²) in [7, 11) is 0. The first-order valence-corrected chi connectivity index (χ1v) is 2.77. The topological polar surface area (TPSA) is 80.5 Å². The van der Waals surface area contributed by atoms with Gasteiger partial charge in [0.1, 0.15) is 11.8 Å². The standard InChI is InChI=1S/C5H5N5.FH/c6-4-3-5(9-1-7-3)10-2-8-4;/h1-2H,(H3,6,7,8,9,10);1H. The monoisotopic (exact) mass is 155 g/mol. The molecule has 11 heavy (non-hydrogen) atoms. The second kappa shape index (κ2) is 2.49. The Morgan fingerprint density at radius 1 is 1.27 bits per heavy atom. The van der Waals surface area contributed by atoms with Gasteiger partial charge in [-0.05, 0) is 0 Å². The van der Waals surface area contributed by atoms with Crippen LogP contribution in [0.5, 0.6) is 0 Å². The molecule has 0 aromatic carbocycles. The predicted molar refractivity (Wildman–Crippen MR) is 38.6 cm³/mol. The first kappa shape index (κ1) is 7.39. The number of aromatic amines is 1. The Hall–Kier alpha value is -1.72. The third-order valence-corrected chi connectivity index (χ3v) is 1.25. The molecule has 6 heteroatoms. The number of aromatic nitrogens is 4. The molecular weight excluding hydrogens is 149 g/mol. The van der Waals surface area contributed by atoms with Gasteiger partial charge in [-0.3, -0.25) is 4.70 Å². The molecule has 0 aliphatic rings. The van der Waals surface area contributed by atoms with E-state index in [2.05, 4.69) is 19.9 Å². The number of imidazole rings is 1. The van der Waals surface area contributed by atoms with Crippen molar-refractivity contribution in [1.82, 2.24) is 19.9 Å². The Morgan fingerprint density at radius 2 is 2.09 bits per heavy atom. The molecule has 2 heterocycles. The van der Waals surface area contributed by atoms with Crippen molar-refractivity contribution >= 4 is 17.0 Å². The Labute approximate surface area is 61.0 Å². The average molecular weight is 155 g/mol. The van der Waals surface area contributed by atoms with Crippen LogP contribution >= 0.6 is 0 Å². The molecule has 0 radical (unpaired) electrons. The van der Waals surface area contributed by atoms with Crippen molar-refractivity contribution in [1.29, 1.82) is 0 Å².